The van der Waals surface area contributed by atoms with Gasteiger partial charge in [0.1, 0.15) is 12.0 Å². The number of aliphatic hydroxyl groups excluding tert-OH is 1. The molecule has 1 heterocycles. The van der Waals surface area contributed by atoms with Gasteiger partial charge in [-0.2, -0.15) is 4.98 Å². The summed E-state index contributed by atoms with van der Waals surface area (Å²) in [5.41, 5.74) is 6.54. The highest BCUT2D eigenvalue weighted by molar-refractivity contribution is 5.67. The summed E-state index contributed by atoms with van der Waals surface area (Å²) in [6, 6.07) is 0.0489. The Hall–Kier alpha value is -1.56. The Morgan fingerprint density at radius 2 is 2.05 bits per heavy atom. The third kappa shape index (κ3) is 3.12. The highest BCUT2D eigenvalue weighted by atomic mass is 16.5. The van der Waals surface area contributed by atoms with Gasteiger partial charge in [0.2, 0.25) is 5.88 Å². The molecular weight excluding hydrogens is 256 g/mol. The van der Waals surface area contributed by atoms with E-state index in [-0.39, 0.29) is 18.2 Å². The number of nitrogen functional groups attached to an aromatic ring is 1. The molecule has 3 N–H and O–H groups in total. The van der Waals surface area contributed by atoms with Crippen LogP contribution in [0.5, 0.6) is 5.88 Å². The maximum atomic E-state index is 10.1. The number of aliphatic hydroxyl groups is 1. The minimum absolute atomic E-state index is 0.00521. The second-order valence-corrected chi connectivity index (χ2v) is 5.61. The number of likely N-dealkylation sites (N-methyl/N-ethyl adjacent to an activating group) is 1. The van der Waals surface area contributed by atoms with Crippen LogP contribution in [0.1, 0.15) is 39.5 Å². The lowest BCUT2D eigenvalue weighted by Crippen LogP contribution is -2.44. The van der Waals surface area contributed by atoms with Gasteiger partial charge in [-0.15, -0.1) is 0 Å². The number of aromatic nitrogens is 2. The molecule has 1 saturated carbocycles. The quantitative estimate of drug-likeness (QED) is 0.871. The molecule has 1 aliphatic carbocycles. The average Bonchev–Trinajstić information content (AvgIpc) is 2.40. The molecular formula is C14H24N4O2. The van der Waals surface area contributed by atoms with Crippen molar-refractivity contribution in [2.24, 2.45) is 0 Å². The number of hydrogen-bond acceptors (Lipinski definition) is 6. The molecule has 0 spiro atoms. The van der Waals surface area contributed by atoms with Gasteiger partial charge < -0.3 is 20.5 Å². The Morgan fingerprint density at radius 3 is 2.70 bits per heavy atom. The zero-order chi connectivity index (χ0) is 14.7. The van der Waals surface area contributed by atoms with E-state index in [0.29, 0.717) is 17.4 Å². The van der Waals surface area contributed by atoms with Crippen LogP contribution < -0.4 is 15.4 Å². The van der Waals surface area contributed by atoms with Gasteiger partial charge in [-0.25, -0.2) is 4.98 Å². The van der Waals surface area contributed by atoms with E-state index in [1.807, 2.05) is 25.8 Å². The summed E-state index contributed by atoms with van der Waals surface area (Å²) < 4.78 is 5.58. The monoisotopic (exact) mass is 280 g/mol. The number of anilines is 2. The van der Waals surface area contributed by atoms with Crippen LogP contribution in [0.2, 0.25) is 0 Å². The third-order valence-corrected chi connectivity index (χ3v) is 3.70. The Morgan fingerprint density at radius 1 is 1.35 bits per heavy atom. The zero-order valence-electron chi connectivity index (χ0n) is 12.4. The highest BCUT2D eigenvalue weighted by Gasteiger charge is 2.29. The van der Waals surface area contributed by atoms with E-state index in [0.717, 1.165) is 25.7 Å². The summed E-state index contributed by atoms with van der Waals surface area (Å²) >= 11 is 0. The number of hydrogen-bond donors (Lipinski definition) is 2. The van der Waals surface area contributed by atoms with Crippen molar-refractivity contribution in [3.05, 3.63) is 6.33 Å². The maximum Gasteiger partial charge on any atom is 0.242 e. The van der Waals surface area contributed by atoms with Gasteiger partial charge in [0.05, 0.1) is 18.2 Å². The van der Waals surface area contributed by atoms with Crippen LogP contribution in [0, 0.1) is 0 Å². The number of ether oxygens (including phenoxy) is 1. The van der Waals surface area contributed by atoms with Crippen LogP contribution in [0.3, 0.4) is 0 Å². The molecule has 0 amide bonds. The van der Waals surface area contributed by atoms with E-state index in [1.54, 1.807) is 0 Å². The molecule has 20 heavy (non-hydrogen) atoms. The van der Waals surface area contributed by atoms with Crippen LogP contribution in [-0.2, 0) is 0 Å². The average molecular weight is 280 g/mol. The standard InChI is InChI=1S/C14H24N4O2/c1-9(2)20-14-12(15)13(16-8-17-14)18(3)10-6-4-5-7-11(10)19/h8-11,19H,4-7,15H2,1-3H3. The van der Waals surface area contributed by atoms with Gasteiger partial charge in [-0.1, -0.05) is 12.8 Å². The summed E-state index contributed by atoms with van der Waals surface area (Å²) in [6.45, 7) is 3.85. The third-order valence-electron chi connectivity index (χ3n) is 3.70. The molecule has 2 atom stereocenters. The van der Waals surface area contributed by atoms with Gasteiger partial charge in [-0.3, -0.25) is 0 Å². The van der Waals surface area contributed by atoms with Crippen molar-refractivity contribution in [3.63, 3.8) is 0 Å². The molecule has 1 fully saturated rings. The first-order valence-electron chi connectivity index (χ1n) is 7.18. The first kappa shape index (κ1) is 14.8. The highest BCUT2D eigenvalue weighted by Crippen LogP contribution is 2.32. The van der Waals surface area contributed by atoms with Gasteiger partial charge in [-0.05, 0) is 26.7 Å². The minimum Gasteiger partial charge on any atom is -0.473 e. The molecule has 6 heteroatoms. The molecule has 0 saturated heterocycles. The maximum absolute atomic E-state index is 10.1. The SMILES string of the molecule is CC(C)Oc1ncnc(N(C)C2CCCCC2O)c1N. The Kier molecular flexibility index (Phi) is 4.65. The van der Waals surface area contributed by atoms with Crippen molar-refractivity contribution < 1.29 is 9.84 Å². The fourth-order valence-corrected chi connectivity index (χ4v) is 2.67. The summed E-state index contributed by atoms with van der Waals surface area (Å²) in [5.74, 6) is 1.03. The molecule has 112 valence electrons. The van der Waals surface area contributed by atoms with Crippen LogP contribution in [0.25, 0.3) is 0 Å². The predicted octanol–water partition coefficient (Wildman–Crippen LogP) is 1.59. The minimum atomic E-state index is -0.336. The summed E-state index contributed by atoms with van der Waals surface area (Å²) in [6.07, 6.45) is 5.09. The normalized spacial score (nSPS) is 22.9. The van der Waals surface area contributed by atoms with Gasteiger partial charge in [0.15, 0.2) is 5.82 Å². The zero-order valence-corrected chi connectivity index (χ0v) is 12.4. The van der Waals surface area contributed by atoms with Gasteiger partial charge >= 0.3 is 0 Å². The number of nitrogens with zero attached hydrogens (tertiary/aromatic N) is 3. The molecule has 2 rings (SSSR count). The fourth-order valence-electron chi connectivity index (χ4n) is 2.67. The molecule has 0 aromatic carbocycles. The number of rotatable bonds is 4. The molecule has 1 aromatic heterocycles. The van der Waals surface area contributed by atoms with Crippen molar-refractivity contribution in [1.29, 1.82) is 0 Å². The smallest absolute Gasteiger partial charge is 0.242 e. The predicted molar refractivity (Wildman–Crippen MR) is 78.9 cm³/mol. The van der Waals surface area contributed by atoms with Crippen LogP contribution in [0.4, 0.5) is 11.5 Å². The second kappa shape index (κ2) is 6.26. The van der Waals surface area contributed by atoms with Crippen molar-refractivity contribution >= 4 is 11.5 Å². The first-order valence-corrected chi connectivity index (χ1v) is 7.18. The van der Waals surface area contributed by atoms with Crippen LogP contribution in [0.15, 0.2) is 6.33 Å². The lowest BCUT2D eigenvalue weighted by atomic mass is 9.91. The van der Waals surface area contributed by atoms with Gasteiger partial charge in [0.25, 0.3) is 0 Å². The molecule has 6 nitrogen and oxygen atoms in total. The van der Waals surface area contributed by atoms with Crippen LogP contribution >= 0.6 is 0 Å². The molecule has 1 aliphatic rings. The molecule has 1 aromatic rings. The van der Waals surface area contributed by atoms with Crippen molar-refractivity contribution in [1.82, 2.24) is 9.97 Å². The van der Waals surface area contributed by atoms with E-state index in [1.165, 1.54) is 6.33 Å². The summed E-state index contributed by atoms with van der Waals surface area (Å²) in [5, 5.41) is 10.1. The Balaban J connectivity index is 2.23. The Labute approximate surface area is 120 Å². The van der Waals surface area contributed by atoms with E-state index in [4.69, 9.17) is 10.5 Å². The topological polar surface area (TPSA) is 84.5 Å². The van der Waals surface area contributed by atoms with E-state index >= 15 is 0 Å². The van der Waals surface area contributed by atoms with E-state index < -0.39 is 0 Å². The first-order chi connectivity index (χ1) is 9.50. The molecule has 0 radical (unpaired) electrons. The van der Waals surface area contributed by atoms with Crippen molar-refractivity contribution in [2.75, 3.05) is 17.7 Å². The lowest BCUT2D eigenvalue weighted by Gasteiger charge is -2.36. The largest absolute Gasteiger partial charge is 0.473 e. The Bertz CT molecular complexity index is 453. The van der Waals surface area contributed by atoms with Gasteiger partial charge in [0, 0.05) is 7.05 Å². The molecule has 2 unspecified atom stereocenters. The van der Waals surface area contributed by atoms with Crippen LogP contribution in [-0.4, -0.2) is 40.4 Å². The molecule has 0 aliphatic heterocycles. The lowest BCUT2D eigenvalue weighted by molar-refractivity contribution is 0.106. The fraction of sp³-hybridized carbons (Fsp3) is 0.714. The summed E-state index contributed by atoms with van der Waals surface area (Å²) in [7, 11) is 1.91. The van der Waals surface area contributed by atoms with Crippen molar-refractivity contribution in [2.45, 2.75) is 57.8 Å². The van der Waals surface area contributed by atoms with E-state index in [9.17, 15) is 5.11 Å². The number of nitrogens with two attached hydrogens (primary N) is 1. The van der Waals surface area contributed by atoms with Crippen molar-refractivity contribution in [3.8, 4) is 5.88 Å². The summed E-state index contributed by atoms with van der Waals surface area (Å²) in [4.78, 5) is 10.3. The molecule has 0 bridgehead atoms. The van der Waals surface area contributed by atoms with E-state index in [2.05, 4.69) is 9.97 Å². The second-order valence-electron chi connectivity index (χ2n) is 5.61.